The summed E-state index contributed by atoms with van der Waals surface area (Å²) in [6, 6.07) is 8.58. The van der Waals surface area contributed by atoms with Crippen LogP contribution >= 0.6 is 0 Å². The third kappa shape index (κ3) is 2.38. The second-order valence-electron chi connectivity index (χ2n) is 6.15. The van der Waals surface area contributed by atoms with Crippen molar-refractivity contribution in [1.82, 2.24) is 10.2 Å². The SMILES string of the molecule is c1ccc2c(c1)OCC(CNC1CCN3CCC1C3)O2. The molecule has 108 valence electrons. The molecule has 1 aromatic rings. The highest BCUT2D eigenvalue weighted by Gasteiger charge is 2.34. The van der Waals surface area contributed by atoms with Crippen molar-refractivity contribution >= 4 is 0 Å². The van der Waals surface area contributed by atoms with E-state index in [2.05, 4.69) is 10.2 Å². The van der Waals surface area contributed by atoms with Crippen LogP contribution in [0.1, 0.15) is 12.8 Å². The number of nitrogens with one attached hydrogen (secondary N) is 1. The Balaban J connectivity index is 1.32. The quantitative estimate of drug-likeness (QED) is 0.906. The van der Waals surface area contributed by atoms with Crippen molar-refractivity contribution in [2.75, 3.05) is 32.8 Å². The first-order valence-electron chi connectivity index (χ1n) is 7.73. The van der Waals surface area contributed by atoms with E-state index in [1.807, 2.05) is 24.3 Å². The monoisotopic (exact) mass is 274 g/mol. The van der Waals surface area contributed by atoms with Crippen LogP contribution < -0.4 is 14.8 Å². The fraction of sp³-hybridized carbons (Fsp3) is 0.625. The highest BCUT2D eigenvalue weighted by molar-refractivity contribution is 5.40. The van der Waals surface area contributed by atoms with Gasteiger partial charge in [0.15, 0.2) is 11.5 Å². The highest BCUT2D eigenvalue weighted by atomic mass is 16.6. The van der Waals surface area contributed by atoms with Crippen LogP contribution in [0.4, 0.5) is 0 Å². The zero-order valence-corrected chi connectivity index (χ0v) is 11.8. The van der Waals surface area contributed by atoms with Gasteiger partial charge >= 0.3 is 0 Å². The van der Waals surface area contributed by atoms with Crippen molar-refractivity contribution in [2.45, 2.75) is 25.0 Å². The maximum absolute atomic E-state index is 6.00. The summed E-state index contributed by atoms with van der Waals surface area (Å²) in [4.78, 5) is 2.58. The molecular weight excluding hydrogens is 252 g/mol. The van der Waals surface area contributed by atoms with Gasteiger partial charge in [-0.25, -0.2) is 0 Å². The minimum atomic E-state index is 0.129. The Morgan fingerprint density at radius 1 is 1.15 bits per heavy atom. The van der Waals surface area contributed by atoms with Crippen LogP contribution in [-0.2, 0) is 0 Å². The lowest BCUT2D eigenvalue weighted by Crippen LogP contribution is -2.48. The normalized spacial score (nSPS) is 35.0. The summed E-state index contributed by atoms with van der Waals surface area (Å²) in [5.74, 6) is 2.58. The largest absolute Gasteiger partial charge is 0.486 e. The molecule has 4 heteroatoms. The lowest BCUT2D eigenvalue weighted by molar-refractivity contribution is 0.0836. The molecule has 1 aromatic carbocycles. The van der Waals surface area contributed by atoms with Crippen LogP contribution in [0.2, 0.25) is 0 Å². The van der Waals surface area contributed by atoms with E-state index < -0.39 is 0 Å². The predicted molar refractivity (Wildman–Crippen MR) is 77.3 cm³/mol. The van der Waals surface area contributed by atoms with E-state index in [0.29, 0.717) is 12.6 Å². The molecule has 3 heterocycles. The Labute approximate surface area is 120 Å². The van der Waals surface area contributed by atoms with Crippen molar-refractivity contribution in [2.24, 2.45) is 5.92 Å². The van der Waals surface area contributed by atoms with Gasteiger partial charge in [0.2, 0.25) is 0 Å². The van der Waals surface area contributed by atoms with Crippen LogP contribution in [0, 0.1) is 5.92 Å². The summed E-state index contributed by atoms with van der Waals surface area (Å²) in [7, 11) is 0. The first kappa shape index (κ1) is 12.5. The predicted octanol–water partition coefficient (Wildman–Crippen LogP) is 1.51. The average Bonchev–Trinajstić information content (AvgIpc) is 2.88. The molecule has 4 atom stereocenters. The molecule has 0 aromatic heterocycles. The summed E-state index contributed by atoms with van der Waals surface area (Å²) in [5.41, 5.74) is 0. The van der Waals surface area contributed by atoms with Crippen molar-refractivity contribution in [3.8, 4) is 11.5 Å². The minimum absolute atomic E-state index is 0.129. The molecule has 4 unspecified atom stereocenters. The molecule has 1 N–H and O–H groups in total. The molecule has 2 bridgehead atoms. The zero-order valence-electron chi connectivity index (χ0n) is 11.8. The summed E-state index contributed by atoms with van der Waals surface area (Å²) in [5, 5.41) is 3.72. The van der Waals surface area contributed by atoms with Gasteiger partial charge in [-0.05, 0) is 44.0 Å². The summed E-state index contributed by atoms with van der Waals surface area (Å²) >= 11 is 0. The van der Waals surface area contributed by atoms with Crippen molar-refractivity contribution < 1.29 is 9.47 Å². The first-order chi connectivity index (χ1) is 9.88. The molecule has 4 nitrogen and oxygen atoms in total. The Morgan fingerprint density at radius 3 is 2.95 bits per heavy atom. The molecule has 0 radical (unpaired) electrons. The van der Waals surface area contributed by atoms with E-state index in [1.165, 1.54) is 32.5 Å². The number of benzene rings is 1. The summed E-state index contributed by atoms with van der Waals surface area (Å²) in [6.07, 6.45) is 2.75. The molecule has 0 saturated carbocycles. The van der Waals surface area contributed by atoms with Crippen LogP contribution in [0.3, 0.4) is 0 Å². The standard InChI is InChI=1S/C16H22N2O2/c1-2-4-16-15(3-1)19-11-13(20-16)9-17-14-6-8-18-7-5-12(14)10-18/h1-4,12-14,17H,5-11H2. The van der Waals surface area contributed by atoms with Crippen molar-refractivity contribution in [1.29, 1.82) is 0 Å². The smallest absolute Gasteiger partial charge is 0.161 e. The molecule has 3 aliphatic rings. The Bertz CT molecular complexity index is 479. The number of nitrogens with zero attached hydrogens (tertiary/aromatic N) is 1. The van der Waals surface area contributed by atoms with E-state index in [9.17, 15) is 0 Å². The van der Waals surface area contributed by atoms with Gasteiger partial charge in [0.25, 0.3) is 0 Å². The minimum Gasteiger partial charge on any atom is -0.486 e. The third-order valence-electron chi connectivity index (χ3n) is 4.81. The van der Waals surface area contributed by atoms with E-state index in [0.717, 1.165) is 24.0 Å². The molecule has 4 rings (SSSR count). The van der Waals surface area contributed by atoms with Gasteiger partial charge in [-0.1, -0.05) is 12.1 Å². The van der Waals surface area contributed by atoms with Crippen LogP contribution in [-0.4, -0.2) is 49.8 Å². The van der Waals surface area contributed by atoms with Crippen molar-refractivity contribution in [3.05, 3.63) is 24.3 Å². The van der Waals surface area contributed by atoms with Crippen LogP contribution in [0.25, 0.3) is 0 Å². The second kappa shape index (κ2) is 5.26. The number of hydrogen-bond donors (Lipinski definition) is 1. The van der Waals surface area contributed by atoms with Crippen LogP contribution in [0.15, 0.2) is 24.3 Å². The van der Waals surface area contributed by atoms with Gasteiger partial charge in [0.05, 0.1) is 0 Å². The first-order valence-corrected chi connectivity index (χ1v) is 7.73. The van der Waals surface area contributed by atoms with Crippen molar-refractivity contribution in [3.63, 3.8) is 0 Å². The molecule has 2 saturated heterocycles. The number of ether oxygens (including phenoxy) is 2. The number of piperidine rings is 1. The van der Waals surface area contributed by atoms with E-state index in [4.69, 9.17) is 9.47 Å². The Morgan fingerprint density at radius 2 is 2.00 bits per heavy atom. The number of rotatable bonds is 3. The van der Waals surface area contributed by atoms with Gasteiger partial charge < -0.3 is 19.7 Å². The molecule has 20 heavy (non-hydrogen) atoms. The maximum Gasteiger partial charge on any atom is 0.161 e. The van der Waals surface area contributed by atoms with Gasteiger partial charge in [-0.2, -0.15) is 0 Å². The van der Waals surface area contributed by atoms with Crippen LogP contribution in [0.5, 0.6) is 11.5 Å². The number of hydrogen-bond acceptors (Lipinski definition) is 4. The number of fused-ring (bicyclic) bond motifs is 3. The van der Waals surface area contributed by atoms with E-state index in [1.54, 1.807) is 0 Å². The van der Waals surface area contributed by atoms with E-state index >= 15 is 0 Å². The number of para-hydroxylation sites is 2. The second-order valence-corrected chi connectivity index (χ2v) is 6.15. The highest BCUT2D eigenvalue weighted by Crippen LogP contribution is 2.31. The van der Waals surface area contributed by atoms with Gasteiger partial charge in [-0.15, -0.1) is 0 Å². The van der Waals surface area contributed by atoms with Gasteiger partial charge in [-0.3, -0.25) is 0 Å². The molecular formula is C16H22N2O2. The lowest BCUT2D eigenvalue weighted by Gasteiger charge is -2.33. The zero-order chi connectivity index (χ0) is 13.4. The molecule has 2 fully saturated rings. The molecule has 0 aliphatic carbocycles. The molecule has 3 aliphatic heterocycles. The fourth-order valence-electron chi connectivity index (χ4n) is 3.67. The summed E-state index contributed by atoms with van der Waals surface area (Å²) in [6.45, 7) is 5.35. The van der Waals surface area contributed by atoms with Gasteiger partial charge in [0, 0.05) is 19.1 Å². The fourth-order valence-corrected chi connectivity index (χ4v) is 3.67. The maximum atomic E-state index is 6.00. The third-order valence-corrected chi connectivity index (χ3v) is 4.81. The topological polar surface area (TPSA) is 33.7 Å². The summed E-state index contributed by atoms with van der Waals surface area (Å²) < 4.78 is 11.8. The average molecular weight is 274 g/mol. The van der Waals surface area contributed by atoms with Gasteiger partial charge in [0.1, 0.15) is 12.7 Å². The Hall–Kier alpha value is -1.26. The molecule has 0 spiro atoms. The molecule has 0 amide bonds. The lowest BCUT2D eigenvalue weighted by atomic mass is 9.94. The van der Waals surface area contributed by atoms with E-state index in [-0.39, 0.29) is 6.10 Å². The Kier molecular flexibility index (Phi) is 3.28.